The van der Waals surface area contributed by atoms with Gasteiger partial charge in [0.05, 0.1) is 12.5 Å². The number of ether oxygens (including phenoxy) is 1. The molecule has 0 aliphatic heterocycles. The van der Waals surface area contributed by atoms with Crippen LogP contribution < -0.4 is 0 Å². The Kier molecular flexibility index (Phi) is 5.33. The molecule has 0 saturated heterocycles. The van der Waals surface area contributed by atoms with Gasteiger partial charge in [-0.1, -0.05) is 6.92 Å². The predicted octanol–water partition coefficient (Wildman–Crippen LogP) is 2.08. The summed E-state index contributed by atoms with van der Waals surface area (Å²) < 4.78 is 4.71. The van der Waals surface area contributed by atoms with Gasteiger partial charge in [-0.25, -0.2) is 0 Å². The maximum Gasteiger partial charge on any atom is 0.311 e. The zero-order valence-electron chi connectivity index (χ0n) is 9.87. The second-order valence-electron chi connectivity index (χ2n) is 4.40. The highest BCUT2D eigenvalue weighted by molar-refractivity contribution is 5.76. The van der Waals surface area contributed by atoms with Crippen LogP contribution in [0.25, 0.3) is 0 Å². The van der Waals surface area contributed by atoms with Crippen LogP contribution in [0.5, 0.6) is 0 Å². The molecule has 1 atom stereocenters. The van der Waals surface area contributed by atoms with E-state index in [-0.39, 0.29) is 18.3 Å². The number of aliphatic carboxylic acids is 1. The molecule has 1 unspecified atom stereocenters. The maximum atomic E-state index is 11.4. The van der Waals surface area contributed by atoms with Crippen molar-refractivity contribution in [1.29, 1.82) is 0 Å². The van der Waals surface area contributed by atoms with Crippen molar-refractivity contribution in [1.82, 2.24) is 0 Å². The molecule has 4 heteroatoms. The number of rotatable bonds is 6. The van der Waals surface area contributed by atoms with E-state index in [1.807, 2.05) is 20.8 Å². The Bertz CT molecular complexity index is 233. The smallest absolute Gasteiger partial charge is 0.311 e. The summed E-state index contributed by atoms with van der Waals surface area (Å²) in [6.45, 7) is 5.59. The van der Waals surface area contributed by atoms with E-state index in [1.54, 1.807) is 0 Å². The summed E-state index contributed by atoms with van der Waals surface area (Å²) in [7, 11) is 1.37. The first-order valence-electron chi connectivity index (χ1n) is 5.12. The monoisotopic (exact) mass is 216 g/mol. The Morgan fingerprint density at radius 3 is 2.33 bits per heavy atom. The van der Waals surface area contributed by atoms with Crippen molar-refractivity contribution in [3.63, 3.8) is 0 Å². The molecular formula is C11H20O4. The van der Waals surface area contributed by atoms with E-state index in [2.05, 4.69) is 0 Å². The van der Waals surface area contributed by atoms with Gasteiger partial charge in [0.15, 0.2) is 0 Å². The predicted molar refractivity (Wildman–Crippen MR) is 56.4 cm³/mol. The number of carbonyl (C=O) groups is 2. The summed E-state index contributed by atoms with van der Waals surface area (Å²) in [5.74, 6) is -0.923. The molecule has 0 heterocycles. The summed E-state index contributed by atoms with van der Waals surface area (Å²) >= 11 is 0. The van der Waals surface area contributed by atoms with Gasteiger partial charge in [0.2, 0.25) is 0 Å². The fraction of sp³-hybridized carbons (Fsp3) is 0.818. The largest absolute Gasteiger partial charge is 0.481 e. The van der Waals surface area contributed by atoms with E-state index in [1.165, 1.54) is 7.11 Å². The van der Waals surface area contributed by atoms with Crippen molar-refractivity contribution < 1.29 is 19.4 Å². The average molecular weight is 216 g/mol. The second-order valence-corrected chi connectivity index (χ2v) is 4.40. The van der Waals surface area contributed by atoms with Crippen LogP contribution in [0.3, 0.4) is 0 Å². The molecule has 0 aromatic carbocycles. The van der Waals surface area contributed by atoms with Crippen molar-refractivity contribution in [3.05, 3.63) is 0 Å². The molecule has 0 rings (SSSR count). The third-order valence-electron chi connectivity index (χ3n) is 2.97. The Hall–Kier alpha value is -1.06. The van der Waals surface area contributed by atoms with Crippen molar-refractivity contribution in [3.8, 4) is 0 Å². The molecule has 88 valence electrons. The van der Waals surface area contributed by atoms with Crippen LogP contribution in [0.2, 0.25) is 0 Å². The highest BCUT2D eigenvalue weighted by Crippen LogP contribution is 2.31. The molecule has 0 aromatic heterocycles. The summed E-state index contributed by atoms with van der Waals surface area (Å²) in [5.41, 5.74) is -0.548. The van der Waals surface area contributed by atoms with Gasteiger partial charge in [-0.05, 0) is 32.6 Å². The lowest BCUT2D eigenvalue weighted by molar-refractivity contribution is -0.153. The molecule has 0 radical (unpaired) electrons. The van der Waals surface area contributed by atoms with Crippen LogP contribution in [0, 0.1) is 11.3 Å². The molecule has 15 heavy (non-hydrogen) atoms. The molecule has 0 amide bonds. The standard InChI is InChI=1S/C11H20O4/c1-8(6-5-7-9(12)13)11(2,3)10(14)15-4/h8H,5-7H2,1-4H3,(H,12,13). The fourth-order valence-corrected chi connectivity index (χ4v) is 1.38. The topological polar surface area (TPSA) is 63.6 Å². The molecular weight excluding hydrogens is 196 g/mol. The van der Waals surface area contributed by atoms with E-state index >= 15 is 0 Å². The van der Waals surface area contributed by atoms with Crippen molar-refractivity contribution in [2.75, 3.05) is 7.11 Å². The number of esters is 1. The minimum atomic E-state index is -0.793. The lowest BCUT2D eigenvalue weighted by Gasteiger charge is -2.28. The zero-order chi connectivity index (χ0) is 12.1. The Balaban J connectivity index is 4.13. The highest BCUT2D eigenvalue weighted by atomic mass is 16.5. The number of methoxy groups -OCH3 is 1. The van der Waals surface area contributed by atoms with Crippen LogP contribution >= 0.6 is 0 Å². The van der Waals surface area contributed by atoms with Gasteiger partial charge in [0.1, 0.15) is 0 Å². The number of hydrogen-bond acceptors (Lipinski definition) is 3. The lowest BCUT2D eigenvalue weighted by atomic mass is 9.77. The number of carbonyl (C=O) groups excluding carboxylic acids is 1. The molecule has 0 fully saturated rings. The zero-order valence-corrected chi connectivity index (χ0v) is 9.87. The molecule has 0 aliphatic rings. The van der Waals surface area contributed by atoms with Crippen molar-refractivity contribution >= 4 is 11.9 Å². The maximum absolute atomic E-state index is 11.4. The van der Waals surface area contributed by atoms with E-state index in [9.17, 15) is 9.59 Å². The van der Waals surface area contributed by atoms with E-state index < -0.39 is 11.4 Å². The average Bonchev–Trinajstić information content (AvgIpc) is 2.15. The quantitative estimate of drug-likeness (QED) is 0.690. The number of carboxylic acid groups (broad SMARTS) is 1. The van der Waals surface area contributed by atoms with E-state index in [0.29, 0.717) is 12.8 Å². The fourth-order valence-electron chi connectivity index (χ4n) is 1.38. The van der Waals surface area contributed by atoms with Crippen LogP contribution in [0.15, 0.2) is 0 Å². The van der Waals surface area contributed by atoms with Crippen LogP contribution in [0.4, 0.5) is 0 Å². The first-order chi connectivity index (χ1) is 6.82. The summed E-state index contributed by atoms with van der Waals surface area (Å²) in [5, 5.41) is 8.49. The van der Waals surface area contributed by atoms with Gasteiger partial charge in [-0.2, -0.15) is 0 Å². The number of carboxylic acids is 1. The summed E-state index contributed by atoms with van der Waals surface area (Å²) in [4.78, 5) is 21.8. The summed E-state index contributed by atoms with van der Waals surface area (Å²) in [6, 6.07) is 0. The lowest BCUT2D eigenvalue weighted by Crippen LogP contribution is -2.32. The van der Waals surface area contributed by atoms with Crippen LogP contribution in [-0.4, -0.2) is 24.2 Å². The minimum Gasteiger partial charge on any atom is -0.481 e. The molecule has 0 aliphatic carbocycles. The van der Waals surface area contributed by atoms with E-state index in [4.69, 9.17) is 9.84 Å². The Morgan fingerprint density at radius 2 is 1.93 bits per heavy atom. The van der Waals surface area contributed by atoms with Gasteiger partial charge in [0, 0.05) is 6.42 Å². The van der Waals surface area contributed by atoms with Crippen molar-refractivity contribution in [2.45, 2.75) is 40.0 Å². The molecule has 0 spiro atoms. The first kappa shape index (κ1) is 13.9. The molecule has 1 N–H and O–H groups in total. The Morgan fingerprint density at radius 1 is 1.40 bits per heavy atom. The summed E-state index contributed by atoms with van der Waals surface area (Å²) in [6.07, 6.45) is 1.47. The normalized spacial score (nSPS) is 13.3. The number of hydrogen-bond donors (Lipinski definition) is 1. The first-order valence-corrected chi connectivity index (χ1v) is 5.12. The Labute approximate surface area is 90.6 Å². The third kappa shape index (κ3) is 4.32. The van der Waals surface area contributed by atoms with Gasteiger partial charge >= 0.3 is 11.9 Å². The molecule has 0 aromatic rings. The SMILES string of the molecule is COC(=O)C(C)(C)C(C)CCCC(=O)O. The second kappa shape index (κ2) is 5.73. The highest BCUT2D eigenvalue weighted by Gasteiger charge is 2.34. The van der Waals surface area contributed by atoms with Crippen LogP contribution in [-0.2, 0) is 14.3 Å². The van der Waals surface area contributed by atoms with Gasteiger partial charge in [-0.3, -0.25) is 9.59 Å². The van der Waals surface area contributed by atoms with Gasteiger partial charge < -0.3 is 9.84 Å². The van der Waals surface area contributed by atoms with Crippen molar-refractivity contribution in [2.24, 2.45) is 11.3 Å². The minimum absolute atomic E-state index is 0.115. The van der Waals surface area contributed by atoms with Gasteiger partial charge in [-0.15, -0.1) is 0 Å². The van der Waals surface area contributed by atoms with E-state index in [0.717, 1.165) is 0 Å². The molecule has 0 saturated carbocycles. The third-order valence-corrected chi connectivity index (χ3v) is 2.97. The van der Waals surface area contributed by atoms with Gasteiger partial charge in [0.25, 0.3) is 0 Å². The molecule has 0 bridgehead atoms. The van der Waals surface area contributed by atoms with Crippen LogP contribution in [0.1, 0.15) is 40.0 Å². The molecule has 4 nitrogen and oxygen atoms in total.